The van der Waals surface area contributed by atoms with Gasteiger partial charge in [-0.3, -0.25) is 15.0 Å². The summed E-state index contributed by atoms with van der Waals surface area (Å²) in [7, 11) is 1.73. The number of nitrogens with one attached hydrogen (secondary N) is 2. The summed E-state index contributed by atoms with van der Waals surface area (Å²) in [6.07, 6.45) is 4.43. The molecule has 8 nitrogen and oxygen atoms in total. The smallest absolute Gasteiger partial charge is 0.227 e. The Kier molecular flexibility index (Phi) is 7.28. The van der Waals surface area contributed by atoms with Gasteiger partial charge < -0.3 is 16.0 Å². The molecule has 164 valence electrons. The Morgan fingerprint density at radius 3 is 2.38 bits per heavy atom. The lowest BCUT2D eigenvalue weighted by Gasteiger charge is -2.15. The lowest BCUT2D eigenvalue weighted by molar-refractivity contribution is -0.118. The van der Waals surface area contributed by atoms with E-state index < -0.39 is 0 Å². The molecule has 2 aromatic carbocycles. The van der Waals surface area contributed by atoms with Gasteiger partial charge in [-0.25, -0.2) is 9.97 Å². The quantitative estimate of drug-likeness (QED) is 0.351. The van der Waals surface area contributed by atoms with E-state index in [1.807, 2.05) is 48.5 Å². The van der Waals surface area contributed by atoms with Crippen LogP contribution in [-0.2, 0) is 16.0 Å². The van der Waals surface area contributed by atoms with E-state index in [1.54, 1.807) is 24.3 Å². The number of amides is 1. The fraction of sp³-hybridized carbons (Fsp3) is 0.208. The molecular formula is C24H26N6O2. The first-order valence-corrected chi connectivity index (χ1v) is 10.2. The standard InChI is InChI=1S/C24H26N6O2/c1-16(31)30(2)21-9-7-20(8-10-21)29-24-27-14-19(15-28-24)18-5-3-4-17(12-18)6-11-22(32)13-23(25)26/h3-5,7-10,12,14-15H,6,11,13H2,1-2H3,(H3,25,26)(H,27,28,29). The maximum absolute atomic E-state index is 11.8. The highest BCUT2D eigenvalue weighted by Gasteiger charge is 2.08. The average Bonchev–Trinajstić information content (AvgIpc) is 2.78. The highest BCUT2D eigenvalue weighted by Crippen LogP contribution is 2.22. The van der Waals surface area contributed by atoms with Crippen molar-refractivity contribution in [2.24, 2.45) is 5.73 Å². The van der Waals surface area contributed by atoms with Gasteiger partial charge in [-0.05, 0) is 41.8 Å². The van der Waals surface area contributed by atoms with Crippen molar-refractivity contribution in [1.29, 1.82) is 5.41 Å². The molecule has 1 aromatic heterocycles. The normalized spacial score (nSPS) is 10.4. The number of nitrogens with zero attached hydrogens (tertiary/aromatic N) is 3. The number of carbonyl (C=O) groups excluding carboxylic acids is 2. The largest absolute Gasteiger partial charge is 0.387 e. The average molecular weight is 431 g/mol. The number of ketones is 1. The van der Waals surface area contributed by atoms with Crippen molar-refractivity contribution in [3.8, 4) is 11.1 Å². The molecule has 8 heteroatoms. The number of carbonyl (C=O) groups is 2. The highest BCUT2D eigenvalue weighted by molar-refractivity contribution is 5.98. The van der Waals surface area contributed by atoms with Crippen molar-refractivity contribution in [2.45, 2.75) is 26.2 Å². The van der Waals surface area contributed by atoms with Gasteiger partial charge in [0.25, 0.3) is 0 Å². The van der Waals surface area contributed by atoms with E-state index in [4.69, 9.17) is 11.1 Å². The summed E-state index contributed by atoms with van der Waals surface area (Å²) in [5.41, 5.74) is 9.76. The number of benzene rings is 2. The van der Waals surface area contributed by atoms with Crippen LogP contribution in [0.1, 0.15) is 25.3 Å². The van der Waals surface area contributed by atoms with E-state index in [0.717, 1.165) is 28.1 Å². The third-order valence-electron chi connectivity index (χ3n) is 4.98. The Hall–Kier alpha value is -4.07. The fourth-order valence-corrected chi connectivity index (χ4v) is 3.11. The van der Waals surface area contributed by atoms with Gasteiger partial charge in [-0.1, -0.05) is 24.3 Å². The summed E-state index contributed by atoms with van der Waals surface area (Å²) in [6, 6.07) is 15.3. The van der Waals surface area contributed by atoms with E-state index in [-0.39, 0.29) is 23.9 Å². The van der Waals surface area contributed by atoms with Gasteiger partial charge in [-0.2, -0.15) is 0 Å². The zero-order chi connectivity index (χ0) is 23.1. The molecule has 3 rings (SSSR count). The zero-order valence-electron chi connectivity index (χ0n) is 18.1. The van der Waals surface area contributed by atoms with Crippen molar-refractivity contribution in [1.82, 2.24) is 9.97 Å². The number of rotatable bonds is 9. The predicted molar refractivity (Wildman–Crippen MR) is 126 cm³/mol. The van der Waals surface area contributed by atoms with Crippen molar-refractivity contribution in [2.75, 3.05) is 17.3 Å². The van der Waals surface area contributed by atoms with Crippen molar-refractivity contribution in [3.05, 3.63) is 66.5 Å². The summed E-state index contributed by atoms with van der Waals surface area (Å²) >= 11 is 0. The van der Waals surface area contributed by atoms with Crippen molar-refractivity contribution in [3.63, 3.8) is 0 Å². The molecule has 0 bridgehead atoms. The second kappa shape index (κ2) is 10.3. The third kappa shape index (κ3) is 6.21. The van der Waals surface area contributed by atoms with Crippen LogP contribution in [0, 0.1) is 5.41 Å². The van der Waals surface area contributed by atoms with Crippen molar-refractivity contribution < 1.29 is 9.59 Å². The fourth-order valence-electron chi connectivity index (χ4n) is 3.11. The maximum atomic E-state index is 11.8. The van der Waals surface area contributed by atoms with Crippen LogP contribution in [-0.4, -0.2) is 34.5 Å². The molecule has 0 spiro atoms. The molecule has 4 N–H and O–H groups in total. The molecule has 0 saturated heterocycles. The minimum Gasteiger partial charge on any atom is -0.387 e. The molecule has 0 radical (unpaired) electrons. The zero-order valence-corrected chi connectivity index (χ0v) is 18.1. The van der Waals surface area contributed by atoms with Crippen LogP contribution in [0.3, 0.4) is 0 Å². The Balaban J connectivity index is 1.63. The van der Waals surface area contributed by atoms with E-state index in [0.29, 0.717) is 18.8 Å². The Morgan fingerprint density at radius 2 is 1.75 bits per heavy atom. The van der Waals surface area contributed by atoms with Crippen LogP contribution in [0.15, 0.2) is 60.9 Å². The van der Waals surface area contributed by atoms with Crippen LogP contribution in [0.25, 0.3) is 11.1 Å². The van der Waals surface area contributed by atoms with Gasteiger partial charge in [0, 0.05) is 49.7 Å². The lowest BCUT2D eigenvalue weighted by Crippen LogP contribution is -2.22. The van der Waals surface area contributed by atoms with E-state index in [2.05, 4.69) is 15.3 Å². The van der Waals surface area contributed by atoms with Gasteiger partial charge in [0.15, 0.2) is 0 Å². The molecule has 0 unspecified atom stereocenters. The number of hydrogen-bond donors (Lipinski definition) is 3. The summed E-state index contributed by atoms with van der Waals surface area (Å²) in [6.45, 7) is 1.52. The molecule has 0 atom stereocenters. The first kappa shape index (κ1) is 22.6. The Morgan fingerprint density at radius 1 is 1.06 bits per heavy atom. The second-order valence-corrected chi connectivity index (χ2v) is 7.49. The van der Waals surface area contributed by atoms with Crippen molar-refractivity contribution >= 4 is 34.8 Å². The molecule has 1 heterocycles. The SMILES string of the molecule is CC(=O)N(C)c1ccc(Nc2ncc(-c3cccc(CCC(=O)CC(=N)N)c3)cn2)cc1. The number of hydrogen-bond acceptors (Lipinski definition) is 6. The van der Waals surface area contributed by atoms with E-state index in [9.17, 15) is 9.59 Å². The number of nitrogens with two attached hydrogens (primary N) is 1. The Labute approximate surface area is 187 Å². The van der Waals surface area contributed by atoms with Crippen LogP contribution >= 0.6 is 0 Å². The molecule has 0 fully saturated rings. The molecule has 0 saturated carbocycles. The number of Topliss-reactive ketones (excluding diaryl/α,β-unsaturated/α-hetero) is 1. The van der Waals surface area contributed by atoms with Crippen LogP contribution in [0.2, 0.25) is 0 Å². The highest BCUT2D eigenvalue weighted by atomic mass is 16.2. The van der Waals surface area contributed by atoms with E-state index >= 15 is 0 Å². The van der Waals surface area contributed by atoms with Gasteiger partial charge in [0.1, 0.15) is 5.78 Å². The third-order valence-corrected chi connectivity index (χ3v) is 4.98. The second-order valence-electron chi connectivity index (χ2n) is 7.49. The van der Waals surface area contributed by atoms with Crippen LogP contribution in [0.4, 0.5) is 17.3 Å². The number of amidine groups is 1. The van der Waals surface area contributed by atoms with Gasteiger partial charge in [-0.15, -0.1) is 0 Å². The number of aryl methyl sites for hydroxylation is 1. The van der Waals surface area contributed by atoms with Crippen LogP contribution in [0.5, 0.6) is 0 Å². The van der Waals surface area contributed by atoms with Crippen LogP contribution < -0.4 is 16.0 Å². The first-order valence-electron chi connectivity index (χ1n) is 10.2. The lowest BCUT2D eigenvalue weighted by atomic mass is 10.0. The minimum atomic E-state index is -0.103. The predicted octanol–water partition coefficient (Wildman–Crippen LogP) is 3.70. The summed E-state index contributed by atoms with van der Waals surface area (Å²) in [5.74, 6) is 0.292. The monoisotopic (exact) mass is 430 g/mol. The van der Waals surface area contributed by atoms with E-state index in [1.165, 1.54) is 6.92 Å². The Bertz CT molecular complexity index is 1110. The molecule has 0 aliphatic heterocycles. The van der Waals surface area contributed by atoms with Gasteiger partial charge in [0.2, 0.25) is 11.9 Å². The first-order chi connectivity index (χ1) is 15.3. The molecule has 1 amide bonds. The number of anilines is 3. The molecule has 32 heavy (non-hydrogen) atoms. The van der Waals surface area contributed by atoms with Gasteiger partial charge in [0.05, 0.1) is 12.3 Å². The summed E-state index contributed by atoms with van der Waals surface area (Å²) < 4.78 is 0. The minimum absolute atomic E-state index is 0.00184. The summed E-state index contributed by atoms with van der Waals surface area (Å²) in [4.78, 5) is 33.6. The molecule has 3 aromatic rings. The summed E-state index contributed by atoms with van der Waals surface area (Å²) in [5, 5.41) is 10.4. The molecule has 0 aliphatic rings. The maximum Gasteiger partial charge on any atom is 0.227 e. The molecular weight excluding hydrogens is 404 g/mol. The van der Waals surface area contributed by atoms with Gasteiger partial charge >= 0.3 is 0 Å². The topological polar surface area (TPSA) is 125 Å². The molecule has 0 aliphatic carbocycles. The number of aromatic nitrogens is 2.